The lowest BCUT2D eigenvalue weighted by molar-refractivity contribution is -0.135. The Kier molecular flexibility index (Phi) is 12.1. The standard InChI is InChI=1S/C28H38N10O.2C2H4O2/c1-18-20(16-33-34-18)15-30-23-9-4-19(14-24(23)39-3)26-25-27(29)31-17-32-28(25)38(35-26)22-7-5-21(6-8-22)37-12-10-36(2)11-13-37;2*1-2(3)4/h4,9,14,16-17,21-22,30H,5-8,10-13,15H2,1-3H3,(H,33,34)(H2,29,31,32);2*1H3,(H,3,4). The molecule has 0 amide bonds. The lowest BCUT2D eigenvalue weighted by Crippen LogP contribution is -2.49. The first-order chi connectivity index (χ1) is 22.5. The largest absolute Gasteiger partial charge is 0.495 e. The fourth-order valence-electron chi connectivity index (χ4n) is 6.04. The number of carbonyl (C=O) groups is 2. The van der Waals surface area contributed by atoms with Crippen LogP contribution in [0.2, 0.25) is 0 Å². The molecular weight excluding hydrogens is 604 g/mol. The molecule has 0 atom stereocenters. The summed E-state index contributed by atoms with van der Waals surface area (Å²) in [7, 11) is 3.89. The van der Waals surface area contributed by atoms with Crippen molar-refractivity contribution in [2.75, 3.05) is 51.4 Å². The van der Waals surface area contributed by atoms with Gasteiger partial charge in [0.05, 0.1) is 30.4 Å². The Bertz CT molecular complexity index is 1620. The van der Waals surface area contributed by atoms with Gasteiger partial charge in [0.1, 0.15) is 23.6 Å². The van der Waals surface area contributed by atoms with Gasteiger partial charge in [0.15, 0.2) is 5.65 Å². The van der Waals surface area contributed by atoms with E-state index in [1.54, 1.807) is 13.4 Å². The number of methoxy groups -OCH3 is 1. The van der Waals surface area contributed by atoms with E-state index in [0.717, 1.165) is 84.8 Å². The van der Waals surface area contributed by atoms with Crippen LogP contribution in [0.1, 0.15) is 56.8 Å². The van der Waals surface area contributed by atoms with Gasteiger partial charge < -0.3 is 30.9 Å². The molecule has 2 aliphatic rings. The molecule has 0 bridgehead atoms. The van der Waals surface area contributed by atoms with Gasteiger partial charge in [-0.05, 0) is 51.8 Å². The van der Waals surface area contributed by atoms with E-state index in [2.05, 4.69) is 53.1 Å². The van der Waals surface area contributed by atoms with Crippen LogP contribution in [0.25, 0.3) is 22.3 Å². The highest BCUT2D eigenvalue weighted by Crippen LogP contribution is 2.39. The van der Waals surface area contributed by atoms with Crippen LogP contribution < -0.4 is 15.8 Å². The van der Waals surface area contributed by atoms with E-state index in [0.29, 0.717) is 24.4 Å². The number of fused-ring (bicyclic) bond motifs is 1. The number of nitrogens with two attached hydrogens (primary N) is 1. The maximum atomic E-state index is 9.00. The van der Waals surface area contributed by atoms with Crippen molar-refractivity contribution >= 4 is 34.5 Å². The predicted octanol–water partition coefficient (Wildman–Crippen LogP) is 3.64. The minimum atomic E-state index is -0.833. The molecule has 1 saturated heterocycles. The van der Waals surface area contributed by atoms with Crippen molar-refractivity contribution in [2.45, 2.75) is 65.1 Å². The Balaban J connectivity index is 0.000000564. The number of ether oxygens (including phenoxy) is 1. The summed E-state index contributed by atoms with van der Waals surface area (Å²) < 4.78 is 7.86. The molecule has 6 N–H and O–H groups in total. The zero-order valence-electron chi connectivity index (χ0n) is 27.7. The van der Waals surface area contributed by atoms with Crippen LogP contribution >= 0.6 is 0 Å². The smallest absolute Gasteiger partial charge is 0.300 e. The molecule has 2 fully saturated rings. The number of nitrogens with one attached hydrogen (secondary N) is 2. The summed E-state index contributed by atoms with van der Waals surface area (Å²) in [5.41, 5.74) is 12.0. The summed E-state index contributed by atoms with van der Waals surface area (Å²) >= 11 is 0. The number of H-pyrrole nitrogens is 1. The third-order valence-corrected chi connectivity index (χ3v) is 8.46. The number of aliphatic carboxylic acids is 2. The number of carboxylic acids is 2. The maximum Gasteiger partial charge on any atom is 0.300 e. The summed E-state index contributed by atoms with van der Waals surface area (Å²) in [6.07, 6.45) is 7.89. The first kappa shape index (κ1) is 35.1. The highest BCUT2D eigenvalue weighted by atomic mass is 16.5. The maximum absolute atomic E-state index is 9.00. The van der Waals surface area contributed by atoms with Gasteiger partial charge in [-0.3, -0.25) is 19.6 Å². The molecule has 0 unspecified atom stereocenters. The average Bonchev–Trinajstić information content (AvgIpc) is 3.64. The molecule has 0 spiro atoms. The summed E-state index contributed by atoms with van der Waals surface area (Å²) in [6.45, 7) is 9.47. The third kappa shape index (κ3) is 9.16. The quantitative estimate of drug-likeness (QED) is 0.194. The van der Waals surface area contributed by atoms with E-state index >= 15 is 0 Å². The van der Waals surface area contributed by atoms with Crippen LogP contribution in [-0.2, 0) is 16.1 Å². The number of aromatic amines is 1. The van der Waals surface area contributed by atoms with Crippen molar-refractivity contribution in [3.8, 4) is 17.0 Å². The van der Waals surface area contributed by atoms with Crippen LogP contribution in [-0.4, -0.2) is 108 Å². The number of anilines is 2. The molecule has 1 aliphatic carbocycles. The van der Waals surface area contributed by atoms with Gasteiger partial charge in [0.2, 0.25) is 0 Å². The minimum Gasteiger partial charge on any atom is -0.495 e. The number of aromatic nitrogens is 6. The molecule has 15 nitrogen and oxygen atoms in total. The second-order valence-electron chi connectivity index (χ2n) is 11.9. The van der Waals surface area contributed by atoms with Crippen LogP contribution in [0.4, 0.5) is 11.5 Å². The molecule has 1 saturated carbocycles. The molecule has 1 aromatic carbocycles. The Labute approximate surface area is 274 Å². The zero-order chi connectivity index (χ0) is 34.1. The minimum absolute atomic E-state index is 0.292. The van der Waals surface area contributed by atoms with Gasteiger partial charge in [-0.15, -0.1) is 0 Å². The highest BCUT2D eigenvalue weighted by Gasteiger charge is 2.30. The van der Waals surface area contributed by atoms with Crippen LogP contribution in [0.15, 0.2) is 30.7 Å². The number of nitrogen functional groups attached to an aromatic ring is 1. The highest BCUT2D eigenvalue weighted by molar-refractivity contribution is 5.98. The van der Waals surface area contributed by atoms with Crippen molar-refractivity contribution in [3.05, 3.63) is 42.0 Å². The lowest BCUT2D eigenvalue weighted by Gasteiger charge is -2.41. The summed E-state index contributed by atoms with van der Waals surface area (Å²) in [4.78, 5) is 32.1. The number of rotatable bonds is 7. The fourth-order valence-corrected chi connectivity index (χ4v) is 6.04. The van der Waals surface area contributed by atoms with Crippen molar-refractivity contribution in [1.29, 1.82) is 0 Å². The lowest BCUT2D eigenvalue weighted by atomic mass is 9.90. The van der Waals surface area contributed by atoms with Gasteiger partial charge in [0.25, 0.3) is 11.9 Å². The topological polar surface area (TPSA) is 201 Å². The van der Waals surface area contributed by atoms with Crippen molar-refractivity contribution in [1.82, 2.24) is 39.7 Å². The number of carboxylic acid groups (broad SMARTS) is 2. The molecule has 4 aromatic rings. The number of hydrogen-bond acceptors (Lipinski definition) is 11. The predicted molar refractivity (Wildman–Crippen MR) is 179 cm³/mol. The first-order valence-corrected chi connectivity index (χ1v) is 15.7. The van der Waals surface area contributed by atoms with Crippen molar-refractivity contribution < 1.29 is 24.5 Å². The van der Waals surface area contributed by atoms with Crippen LogP contribution in [0.5, 0.6) is 5.75 Å². The van der Waals surface area contributed by atoms with Gasteiger partial charge in [0, 0.05) is 69.4 Å². The van der Waals surface area contributed by atoms with E-state index in [1.165, 1.54) is 25.9 Å². The number of aryl methyl sites for hydroxylation is 1. The number of nitrogens with zero attached hydrogens (tertiary/aromatic N) is 7. The van der Waals surface area contributed by atoms with E-state index in [1.807, 2.05) is 25.3 Å². The first-order valence-electron chi connectivity index (χ1n) is 15.7. The normalized spacial score (nSPS) is 18.4. The van der Waals surface area contributed by atoms with Crippen molar-refractivity contribution in [2.24, 2.45) is 0 Å². The number of hydrogen-bond donors (Lipinski definition) is 5. The summed E-state index contributed by atoms with van der Waals surface area (Å²) in [5.74, 6) is -0.483. The summed E-state index contributed by atoms with van der Waals surface area (Å²) in [6, 6.07) is 7.03. The molecule has 15 heteroatoms. The molecule has 47 heavy (non-hydrogen) atoms. The van der Waals surface area contributed by atoms with Gasteiger partial charge in [-0.1, -0.05) is 6.07 Å². The van der Waals surface area contributed by atoms with E-state index < -0.39 is 11.9 Å². The second-order valence-corrected chi connectivity index (χ2v) is 11.9. The van der Waals surface area contributed by atoms with Crippen LogP contribution in [0.3, 0.4) is 0 Å². The Morgan fingerprint density at radius 3 is 2.28 bits per heavy atom. The number of benzene rings is 1. The van der Waals surface area contributed by atoms with Gasteiger partial charge in [-0.25, -0.2) is 14.6 Å². The molecule has 1 aliphatic heterocycles. The van der Waals surface area contributed by atoms with Crippen LogP contribution in [0, 0.1) is 6.92 Å². The monoisotopic (exact) mass is 650 g/mol. The zero-order valence-corrected chi connectivity index (χ0v) is 27.7. The SMILES string of the molecule is CC(=O)O.CC(=O)O.COc1cc(-c2nn(C3CCC(N4CCN(C)CC4)CC3)c3ncnc(N)c23)ccc1NCc1cn[nH]c1C. The molecule has 6 rings (SSSR count). The molecule has 254 valence electrons. The third-order valence-electron chi connectivity index (χ3n) is 8.46. The fraction of sp³-hybridized carbons (Fsp3) is 0.500. The molecule has 0 radical (unpaired) electrons. The van der Waals surface area contributed by atoms with E-state index in [4.69, 9.17) is 35.4 Å². The molecular formula is C32H46N10O5. The van der Waals surface area contributed by atoms with Gasteiger partial charge >= 0.3 is 0 Å². The average molecular weight is 651 g/mol. The van der Waals surface area contributed by atoms with E-state index in [-0.39, 0.29) is 0 Å². The second kappa shape index (κ2) is 16.2. The Morgan fingerprint density at radius 1 is 1.04 bits per heavy atom. The number of likely N-dealkylation sites (N-methyl/N-ethyl adjacent to an activating group) is 1. The number of piperazine rings is 1. The molecule has 4 heterocycles. The Morgan fingerprint density at radius 2 is 1.68 bits per heavy atom. The van der Waals surface area contributed by atoms with Crippen molar-refractivity contribution in [3.63, 3.8) is 0 Å². The summed E-state index contributed by atoms with van der Waals surface area (Å²) in [5, 5.41) is 31.3. The van der Waals surface area contributed by atoms with E-state index in [9.17, 15) is 0 Å². The van der Waals surface area contributed by atoms with Gasteiger partial charge in [-0.2, -0.15) is 10.2 Å². The molecule has 3 aromatic heterocycles. The Hall–Kier alpha value is -4.76.